The minimum Gasteiger partial charge on any atom is -0.453 e. The Balaban J connectivity index is 0.970. The first kappa shape index (κ1) is 36.7. The summed E-state index contributed by atoms with van der Waals surface area (Å²) in [4.78, 5) is 71.7. The maximum absolute atomic E-state index is 13.8. The normalized spacial score (nSPS) is 19.2. The van der Waals surface area contributed by atoms with Crippen LogP contribution in [-0.4, -0.2) is 86.3 Å². The van der Waals surface area contributed by atoms with Crippen molar-refractivity contribution in [3.05, 3.63) is 102 Å². The quantitative estimate of drug-likeness (QED) is 0.183. The van der Waals surface area contributed by atoms with E-state index in [2.05, 4.69) is 40.6 Å². The van der Waals surface area contributed by atoms with Gasteiger partial charge in [-0.05, 0) is 54.0 Å². The van der Waals surface area contributed by atoms with Gasteiger partial charge in [0.25, 0.3) is 0 Å². The van der Waals surface area contributed by atoms with Crippen LogP contribution >= 0.6 is 9.24 Å². The van der Waals surface area contributed by atoms with Gasteiger partial charge in [0, 0.05) is 50.1 Å². The van der Waals surface area contributed by atoms with Crippen molar-refractivity contribution in [1.29, 1.82) is 0 Å². The molecule has 0 saturated carbocycles. The smallest absolute Gasteiger partial charge is 0.407 e. The van der Waals surface area contributed by atoms with E-state index in [9.17, 15) is 19.2 Å². The molecule has 4 amide bonds. The average Bonchev–Trinajstić information content (AvgIpc) is 4.03. The van der Waals surface area contributed by atoms with Gasteiger partial charge in [-0.2, -0.15) is 0 Å². The van der Waals surface area contributed by atoms with Crippen molar-refractivity contribution in [2.24, 2.45) is 4.99 Å². The van der Waals surface area contributed by atoms with Crippen LogP contribution in [0.3, 0.4) is 0 Å². The monoisotopic (exact) mass is 746 g/mol. The number of carbonyl (C=O) groups is 4. The minimum absolute atomic E-state index is 0.118. The molecule has 2 saturated heterocycles. The maximum Gasteiger partial charge on any atom is 0.407 e. The van der Waals surface area contributed by atoms with Crippen LogP contribution in [0.2, 0.25) is 0 Å². The summed E-state index contributed by atoms with van der Waals surface area (Å²) < 4.78 is 4.63. The van der Waals surface area contributed by atoms with Crippen molar-refractivity contribution >= 4 is 44.3 Å². The van der Waals surface area contributed by atoms with E-state index in [4.69, 9.17) is 9.98 Å². The second kappa shape index (κ2) is 16.1. The molecule has 2 aromatic heterocycles. The van der Waals surface area contributed by atoms with Gasteiger partial charge < -0.3 is 30.2 Å². The fourth-order valence-electron chi connectivity index (χ4n) is 7.48. The first-order valence-electron chi connectivity index (χ1n) is 18.1. The van der Waals surface area contributed by atoms with Gasteiger partial charge in [0.05, 0.1) is 36.8 Å². The van der Waals surface area contributed by atoms with E-state index in [1.165, 1.54) is 14.0 Å². The van der Waals surface area contributed by atoms with Gasteiger partial charge in [0.1, 0.15) is 17.6 Å². The number of hydrogen-bond donors (Lipinski definition) is 3. The topological polar surface area (TPSA) is 162 Å². The van der Waals surface area contributed by atoms with Crippen LogP contribution in [-0.2, 0) is 19.1 Å². The molecule has 7 rings (SSSR count). The Bertz CT molecular complexity index is 2080. The molecule has 3 N–H and O–H groups in total. The van der Waals surface area contributed by atoms with Crippen LogP contribution in [0.5, 0.6) is 0 Å². The van der Waals surface area contributed by atoms with Crippen LogP contribution in [0, 0.1) is 0 Å². The standard InChI is InChI=1S/C40H43N8O5P/c1-24(49)44-35(27-8-4-3-5-9-27)38(50)47-18-6-10-33(47)31-20-29(22-42-31)28-16-17-30(41-21-28)25-12-14-26(15-13-25)32-23-43-36(45-32)34-11-7-19-48(34)39(51)37(54)46-40(52)53-2/h3-5,8-9,12-17,21-23,33-35,37H,6-7,10-11,18-20,54H2,1-2H3,(H,43,45)(H,44,49)(H,46,52)/t33-,34-,35+,37+/m0/s1. The Labute approximate surface area is 315 Å². The van der Waals surface area contributed by atoms with E-state index < -0.39 is 17.9 Å². The lowest BCUT2D eigenvalue weighted by Crippen LogP contribution is -2.46. The molecule has 3 aliphatic rings. The Hall–Kier alpha value is -5.68. The second-order valence-corrected chi connectivity index (χ2v) is 14.3. The van der Waals surface area contributed by atoms with Crippen LogP contribution in [0.25, 0.3) is 28.1 Å². The lowest BCUT2D eigenvalue weighted by Gasteiger charge is -2.29. The predicted octanol–water partition coefficient (Wildman–Crippen LogP) is 5.41. The fraction of sp³-hybridized carbons (Fsp3) is 0.325. The molecule has 0 radical (unpaired) electrons. The number of allylic oxidation sites excluding steroid dienone is 1. The highest BCUT2D eigenvalue weighted by Gasteiger charge is 2.38. The van der Waals surface area contributed by atoms with Crippen LogP contribution in [0.4, 0.5) is 4.79 Å². The van der Waals surface area contributed by atoms with E-state index in [0.29, 0.717) is 25.3 Å². The Kier molecular flexibility index (Phi) is 11.0. The number of ether oxygens (including phenoxy) is 1. The molecule has 3 aliphatic heterocycles. The van der Waals surface area contributed by atoms with E-state index in [-0.39, 0.29) is 29.8 Å². The van der Waals surface area contributed by atoms with Crippen molar-refractivity contribution in [2.45, 2.75) is 62.9 Å². The van der Waals surface area contributed by atoms with E-state index in [1.807, 2.05) is 78.0 Å². The van der Waals surface area contributed by atoms with Crippen molar-refractivity contribution in [1.82, 2.24) is 35.4 Å². The molecule has 2 fully saturated rings. The number of carbonyl (C=O) groups excluding carboxylic acids is 4. The predicted molar refractivity (Wildman–Crippen MR) is 208 cm³/mol. The summed E-state index contributed by atoms with van der Waals surface area (Å²) in [6, 6.07) is 20.4. The minimum atomic E-state index is -0.792. The van der Waals surface area contributed by atoms with Crippen LogP contribution < -0.4 is 10.6 Å². The SMILES string of the molecule is COC(=O)N[C@H](P)C(=O)N1CCC[C@H]1c1ncc(-c2ccc(-c3ccc(C4=CN=C([C@@H]5CCCN5C(=O)[C@H](NC(C)=O)c5ccccc5)C4)cn3)cc2)[nH]1. The summed E-state index contributed by atoms with van der Waals surface area (Å²) in [6.07, 6.45) is 8.79. The highest BCUT2D eigenvalue weighted by atomic mass is 31.0. The first-order valence-corrected chi connectivity index (χ1v) is 18.8. The van der Waals surface area contributed by atoms with Gasteiger partial charge in [-0.1, -0.05) is 60.7 Å². The first-order chi connectivity index (χ1) is 26.2. The number of methoxy groups -OCH3 is 1. The molecule has 2 aromatic carbocycles. The van der Waals surface area contributed by atoms with Crippen LogP contribution in [0.1, 0.15) is 68.1 Å². The van der Waals surface area contributed by atoms with Gasteiger partial charge >= 0.3 is 6.09 Å². The molecule has 14 heteroatoms. The van der Waals surface area contributed by atoms with Gasteiger partial charge in [-0.15, -0.1) is 9.24 Å². The summed E-state index contributed by atoms with van der Waals surface area (Å²) >= 11 is 0. The number of rotatable bonds is 10. The third kappa shape index (κ3) is 7.82. The van der Waals surface area contributed by atoms with Crippen LogP contribution in [0.15, 0.2) is 90.3 Å². The molecule has 4 aromatic rings. The molecule has 1 unspecified atom stereocenters. The fourth-order valence-corrected chi connectivity index (χ4v) is 7.80. The summed E-state index contributed by atoms with van der Waals surface area (Å²) in [7, 11) is 3.62. The van der Waals surface area contributed by atoms with Gasteiger partial charge in [-0.25, -0.2) is 9.78 Å². The zero-order valence-electron chi connectivity index (χ0n) is 30.2. The molecule has 5 atom stereocenters. The third-order valence-electron chi connectivity index (χ3n) is 10.2. The summed E-state index contributed by atoms with van der Waals surface area (Å²) in [6.45, 7) is 2.63. The van der Waals surface area contributed by atoms with Gasteiger partial charge in [-0.3, -0.25) is 24.4 Å². The number of benzene rings is 2. The molecule has 0 aliphatic carbocycles. The number of H-pyrrole nitrogens is 1. The van der Waals surface area contributed by atoms with Crippen molar-refractivity contribution in [3.63, 3.8) is 0 Å². The van der Waals surface area contributed by atoms with E-state index in [0.717, 1.165) is 70.6 Å². The number of imidazole rings is 1. The number of aromatic nitrogens is 3. The molecule has 5 heterocycles. The average molecular weight is 747 g/mol. The molecule has 278 valence electrons. The molecule has 0 spiro atoms. The number of likely N-dealkylation sites (tertiary alicyclic amines) is 2. The zero-order valence-corrected chi connectivity index (χ0v) is 31.4. The highest BCUT2D eigenvalue weighted by Crippen LogP contribution is 2.34. The van der Waals surface area contributed by atoms with E-state index in [1.54, 1.807) is 11.1 Å². The number of aliphatic imine (C=N–C) groups is 1. The number of nitrogens with one attached hydrogen (secondary N) is 3. The number of aromatic amines is 1. The van der Waals surface area contributed by atoms with Crippen molar-refractivity contribution in [3.8, 4) is 22.5 Å². The zero-order chi connectivity index (χ0) is 37.8. The second-order valence-electron chi connectivity index (χ2n) is 13.7. The number of pyridine rings is 1. The summed E-state index contributed by atoms with van der Waals surface area (Å²) in [5, 5.41) is 5.37. The number of amides is 4. The molecule has 54 heavy (non-hydrogen) atoms. The molecule has 13 nitrogen and oxygen atoms in total. The highest BCUT2D eigenvalue weighted by molar-refractivity contribution is 7.19. The Morgan fingerprint density at radius 3 is 2.20 bits per heavy atom. The van der Waals surface area contributed by atoms with Gasteiger partial charge in [0.2, 0.25) is 17.7 Å². The summed E-state index contributed by atoms with van der Waals surface area (Å²) in [5.74, 6) is -0.670. The third-order valence-corrected chi connectivity index (χ3v) is 10.7. The Morgan fingerprint density at radius 2 is 1.52 bits per heavy atom. The lowest BCUT2D eigenvalue weighted by atomic mass is 9.98. The largest absolute Gasteiger partial charge is 0.453 e. The Morgan fingerprint density at radius 1 is 0.833 bits per heavy atom. The summed E-state index contributed by atoms with van der Waals surface area (Å²) in [5.41, 5.74) is 7.32. The molecule has 0 bridgehead atoms. The number of hydrogen-bond acceptors (Lipinski definition) is 8. The van der Waals surface area contributed by atoms with Crippen molar-refractivity contribution < 1.29 is 23.9 Å². The van der Waals surface area contributed by atoms with Gasteiger partial charge in [0.15, 0.2) is 0 Å². The lowest BCUT2D eigenvalue weighted by molar-refractivity contribution is -0.136. The molecular formula is C40H43N8O5P. The number of alkyl carbamates (subject to hydrolysis) is 1. The molecular weight excluding hydrogens is 703 g/mol. The van der Waals surface area contributed by atoms with Crippen molar-refractivity contribution in [2.75, 3.05) is 20.2 Å². The maximum atomic E-state index is 13.8. The van der Waals surface area contributed by atoms with E-state index >= 15 is 0 Å². The number of nitrogens with zero attached hydrogens (tertiary/aromatic N) is 5.